The van der Waals surface area contributed by atoms with E-state index in [1.165, 1.54) is 13.5 Å². The predicted molar refractivity (Wildman–Crippen MR) is 22.0 cm³/mol. The van der Waals surface area contributed by atoms with Gasteiger partial charge in [0, 0.05) is 0 Å². The van der Waals surface area contributed by atoms with Crippen LogP contribution in [0.15, 0.2) is 0 Å². The molecule has 0 N–H and O–H groups in total. The second-order valence-corrected chi connectivity index (χ2v) is 0.812. The fourth-order valence-electron chi connectivity index (χ4n) is 0.118. The summed E-state index contributed by atoms with van der Waals surface area (Å²) in [5, 5.41) is 0. The molecule has 3 heteroatoms. The number of methoxy groups -OCH3 is 1. The molecule has 0 aliphatic heterocycles. The van der Waals surface area contributed by atoms with Crippen molar-refractivity contribution >= 4 is 5.97 Å². The fraction of sp³-hybridized carbons (Fsp3) is 0.500. The van der Waals surface area contributed by atoms with Crippen LogP contribution in [0.1, 0.15) is 6.92 Å². The first-order chi connectivity index (χ1) is 2.81. The molecule has 0 aromatic rings. The molecule has 0 amide bonds. The van der Waals surface area contributed by atoms with Crippen molar-refractivity contribution in [2.75, 3.05) is 7.11 Å². The Balaban J connectivity index is 0. The molecular formula is C4H7O2Y+2. The van der Waals surface area contributed by atoms with Crippen molar-refractivity contribution in [1.82, 2.24) is 0 Å². The molecule has 0 saturated heterocycles. The molecule has 36 valence electrons. The molecule has 0 saturated carbocycles. The third kappa shape index (κ3) is 6.44. The van der Waals surface area contributed by atoms with E-state index in [-0.39, 0.29) is 38.7 Å². The Kier molecular flexibility index (Phi) is 9.60. The zero-order valence-electron chi connectivity index (χ0n) is 4.47. The summed E-state index contributed by atoms with van der Waals surface area (Å²) in [6, 6.07) is 0. The van der Waals surface area contributed by atoms with Gasteiger partial charge >= 0.3 is 32.7 Å². The largest absolute Gasteiger partial charge is 3.00 e. The van der Waals surface area contributed by atoms with E-state index in [0.29, 0.717) is 0 Å². The van der Waals surface area contributed by atoms with Gasteiger partial charge in [0.1, 0.15) is 0 Å². The Hall–Kier alpha value is 0.444. The minimum atomic E-state index is -0.282. The summed E-state index contributed by atoms with van der Waals surface area (Å²) >= 11 is 0. The number of carbonyl (C=O) groups excluding carboxylic acids is 1. The molecule has 0 bridgehead atoms. The van der Waals surface area contributed by atoms with Crippen molar-refractivity contribution < 1.29 is 42.2 Å². The predicted octanol–water partition coefficient (Wildman–Crippen LogP) is 0.381. The minimum absolute atomic E-state index is 0. The molecule has 0 rings (SSSR count). The summed E-state index contributed by atoms with van der Waals surface area (Å²) in [7, 11) is 1.35. The first-order valence-corrected chi connectivity index (χ1v) is 1.68. The van der Waals surface area contributed by atoms with Gasteiger partial charge in [-0.25, -0.2) is 0 Å². The van der Waals surface area contributed by atoms with Crippen LogP contribution in [0.5, 0.6) is 0 Å². The Morgan fingerprint density at radius 3 is 2.14 bits per heavy atom. The van der Waals surface area contributed by atoms with E-state index in [2.05, 4.69) is 4.74 Å². The summed E-state index contributed by atoms with van der Waals surface area (Å²) < 4.78 is 4.20. The van der Waals surface area contributed by atoms with Gasteiger partial charge in [-0.05, 0) is 0 Å². The number of carbonyl (C=O) groups is 1. The Morgan fingerprint density at radius 2 is 2.14 bits per heavy atom. The second-order valence-electron chi connectivity index (χ2n) is 0.812. The van der Waals surface area contributed by atoms with Gasteiger partial charge in [-0.2, -0.15) is 6.92 Å². The van der Waals surface area contributed by atoms with Gasteiger partial charge in [-0.1, -0.05) is 0 Å². The number of hydrogen-bond donors (Lipinski definition) is 0. The third-order valence-corrected chi connectivity index (χ3v) is 0.437. The quantitative estimate of drug-likeness (QED) is 0.426. The zero-order valence-corrected chi connectivity index (χ0v) is 7.31. The van der Waals surface area contributed by atoms with E-state index in [1.807, 2.05) is 0 Å². The van der Waals surface area contributed by atoms with E-state index in [0.717, 1.165) is 0 Å². The van der Waals surface area contributed by atoms with Crippen molar-refractivity contribution in [1.29, 1.82) is 0 Å². The van der Waals surface area contributed by atoms with E-state index >= 15 is 0 Å². The molecular weight excluding hydrogens is 169 g/mol. The first-order valence-electron chi connectivity index (χ1n) is 1.68. The second kappa shape index (κ2) is 6.44. The Bertz CT molecular complexity index is 47.7. The van der Waals surface area contributed by atoms with Crippen LogP contribution >= 0.6 is 0 Å². The molecule has 7 heavy (non-hydrogen) atoms. The van der Waals surface area contributed by atoms with Gasteiger partial charge in [-0.3, -0.25) is 11.2 Å². The van der Waals surface area contributed by atoms with E-state index in [1.54, 1.807) is 6.92 Å². The van der Waals surface area contributed by atoms with Gasteiger partial charge in [0.05, 0.1) is 7.11 Å². The number of esters is 1. The molecule has 0 spiro atoms. The van der Waals surface area contributed by atoms with Crippen molar-refractivity contribution in [2.45, 2.75) is 6.92 Å². The molecule has 0 unspecified atom stereocenters. The van der Waals surface area contributed by atoms with Crippen molar-refractivity contribution in [2.24, 2.45) is 0 Å². The molecule has 2 nitrogen and oxygen atoms in total. The topological polar surface area (TPSA) is 26.3 Å². The average Bonchev–Trinajstić information content (AvgIpc) is 1.65. The smallest absolute Gasteiger partial charge is 0.491 e. The van der Waals surface area contributed by atoms with Crippen LogP contribution in [0.3, 0.4) is 0 Å². The number of hydrogen-bond acceptors (Lipinski definition) is 2. The van der Waals surface area contributed by atoms with Crippen molar-refractivity contribution in [3.05, 3.63) is 6.42 Å². The maximum absolute atomic E-state index is 9.90. The molecule has 0 radical (unpaired) electrons. The van der Waals surface area contributed by atoms with Gasteiger partial charge in [-0.15, -0.1) is 0 Å². The SMILES string of the molecule is C[CH-]C(=O)OC.[Y+3]. The monoisotopic (exact) mass is 176 g/mol. The summed E-state index contributed by atoms with van der Waals surface area (Å²) in [6.45, 7) is 1.63. The molecule has 0 aliphatic carbocycles. The standard InChI is InChI=1S/C4H7O2.Y/c1-3-4(5)6-2;/h3H,1-2H3;/q-1;+3. The Morgan fingerprint density at radius 1 is 1.71 bits per heavy atom. The van der Waals surface area contributed by atoms with Crippen LogP contribution in [0.4, 0.5) is 0 Å². The van der Waals surface area contributed by atoms with Gasteiger partial charge < -0.3 is 4.74 Å². The zero-order chi connectivity index (χ0) is 4.99. The minimum Gasteiger partial charge on any atom is -0.491 e. The van der Waals surface area contributed by atoms with Crippen LogP contribution < -0.4 is 0 Å². The van der Waals surface area contributed by atoms with Crippen molar-refractivity contribution in [3.8, 4) is 0 Å². The summed E-state index contributed by atoms with van der Waals surface area (Å²) in [6.07, 6.45) is 1.36. The van der Waals surface area contributed by atoms with Crippen LogP contribution in [0, 0.1) is 6.42 Å². The van der Waals surface area contributed by atoms with Crippen LogP contribution in [-0.4, -0.2) is 13.1 Å². The van der Waals surface area contributed by atoms with Crippen molar-refractivity contribution in [3.63, 3.8) is 0 Å². The van der Waals surface area contributed by atoms with Gasteiger partial charge in [0.15, 0.2) is 5.97 Å². The normalized spacial score (nSPS) is 6.00. The maximum atomic E-state index is 9.90. The van der Waals surface area contributed by atoms with Gasteiger partial charge in [0.2, 0.25) is 0 Å². The van der Waals surface area contributed by atoms with Crippen LogP contribution in [0.25, 0.3) is 0 Å². The molecule has 0 aliphatic rings. The van der Waals surface area contributed by atoms with E-state index in [9.17, 15) is 4.79 Å². The van der Waals surface area contributed by atoms with E-state index in [4.69, 9.17) is 0 Å². The summed E-state index contributed by atoms with van der Waals surface area (Å²) in [5.41, 5.74) is 0. The molecule has 0 atom stereocenters. The number of ether oxygens (including phenoxy) is 1. The third-order valence-electron chi connectivity index (χ3n) is 0.437. The summed E-state index contributed by atoms with van der Waals surface area (Å²) in [4.78, 5) is 9.90. The molecule has 0 aromatic heterocycles. The van der Waals surface area contributed by atoms with Crippen LogP contribution in [-0.2, 0) is 42.2 Å². The average molecular weight is 176 g/mol. The number of rotatable bonds is 1. The molecule has 0 aromatic carbocycles. The van der Waals surface area contributed by atoms with Gasteiger partial charge in [0.25, 0.3) is 0 Å². The van der Waals surface area contributed by atoms with Crippen LogP contribution in [0.2, 0.25) is 0 Å². The fourth-order valence-corrected chi connectivity index (χ4v) is 0.118. The molecule has 0 fully saturated rings. The Labute approximate surface area is 68.5 Å². The molecule has 0 heterocycles. The summed E-state index contributed by atoms with van der Waals surface area (Å²) in [5.74, 6) is -0.282. The van der Waals surface area contributed by atoms with E-state index < -0.39 is 0 Å². The first kappa shape index (κ1) is 10.4. The maximum Gasteiger partial charge on any atom is 3.00 e.